The fourth-order valence-corrected chi connectivity index (χ4v) is 2.34. The van der Waals surface area contributed by atoms with E-state index in [9.17, 15) is 13.2 Å². The fourth-order valence-electron chi connectivity index (χ4n) is 1.69. The van der Waals surface area contributed by atoms with Gasteiger partial charge in [0.25, 0.3) is 0 Å². The molecular formula is C12H9Cl2F3N2O. The summed E-state index contributed by atoms with van der Waals surface area (Å²) in [5, 5.41) is 4.04. The predicted octanol–water partition coefficient (Wildman–Crippen LogP) is 3.83. The van der Waals surface area contributed by atoms with Gasteiger partial charge in [-0.3, -0.25) is 0 Å². The zero-order valence-corrected chi connectivity index (χ0v) is 11.8. The smallest absolute Gasteiger partial charge is 0.161 e. The topological polar surface area (TPSA) is 27.1 Å². The first-order valence-corrected chi connectivity index (χ1v) is 6.37. The SMILES string of the molecule is COCc1nn(-c2cc(F)c(F)cc2F)c(Cl)c1CCl. The van der Waals surface area contributed by atoms with E-state index in [0.29, 0.717) is 23.4 Å². The summed E-state index contributed by atoms with van der Waals surface area (Å²) >= 11 is 11.8. The van der Waals surface area contributed by atoms with Crippen molar-refractivity contribution in [3.63, 3.8) is 0 Å². The Bertz CT molecular complexity index is 646. The van der Waals surface area contributed by atoms with E-state index >= 15 is 0 Å². The number of methoxy groups -OCH3 is 1. The third-order valence-corrected chi connectivity index (χ3v) is 3.29. The average Bonchev–Trinajstić information content (AvgIpc) is 2.71. The van der Waals surface area contributed by atoms with Crippen molar-refractivity contribution >= 4 is 23.2 Å². The lowest BCUT2D eigenvalue weighted by Crippen LogP contribution is -2.03. The van der Waals surface area contributed by atoms with Crippen LogP contribution in [0.2, 0.25) is 5.15 Å². The lowest BCUT2D eigenvalue weighted by Gasteiger charge is -2.05. The van der Waals surface area contributed by atoms with E-state index in [1.165, 1.54) is 7.11 Å². The summed E-state index contributed by atoms with van der Waals surface area (Å²) in [4.78, 5) is 0. The van der Waals surface area contributed by atoms with E-state index in [4.69, 9.17) is 27.9 Å². The molecule has 1 aromatic carbocycles. The van der Waals surface area contributed by atoms with Crippen molar-refractivity contribution < 1.29 is 17.9 Å². The van der Waals surface area contributed by atoms with Crippen molar-refractivity contribution in [2.45, 2.75) is 12.5 Å². The van der Waals surface area contributed by atoms with Gasteiger partial charge in [0.15, 0.2) is 17.5 Å². The van der Waals surface area contributed by atoms with Crippen LogP contribution in [0.3, 0.4) is 0 Å². The van der Waals surface area contributed by atoms with Crippen LogP contribution in [0.5, 0.6) is 0 Å². The quantitative estimate of drug-likeness (QED) is 0.631. The van der Waals surface area contributed by atoms with Crippen LogP contribution in [0.15, 0.2) is 12.1 Å². The van der Waals surface area contributed by atoms with Crippen LogP contribution in [0, 0.1) is 17.5 Å². The highest BCUT2D eigenvalue weighted by Crippen LogP contribution is 2.28. The van der Waals surface area contributed by atoms with E-state index in [-0.39, 0.29) is 23.3 Å². The summed E-state index contributed by atoms with van der Waals surface area (Å²) in [6, 6.07) is 1.11. The Morgan fingerprint density at radius 1 is 1.20 bits per heavy atom. The minimum atomic E-state index is -1.29. The van der Waals surface area contributed by atoms with Gasteiger partial charge < -0.3 is 4.74 Å². The zero-order chi connectivity index (χ0) is 14.9. The van der Waals surface area contributed by atoms with Gasteiger partial charge >= 0.3 is 0 Å². The van der Waals surface area contributed by atoms with Crippen molar-refractivity contribution in [1.29, 1.82) is 0 Å². The van der Waals surface area contributed by atoms with Gasteiger partial charge in [-0.05, 0) is 0 Å². The van der Waals surface area contributed by atoms with Crippen LogP contribution in [-0.4, -0.2) is 16.9 Å². The molecule has 0 fully saturated rings. The third-order valence-electron chi connectivity index (χ3n) is 2.64. The molecule has 1 heterocycles. The van der Waals surface area contributed by atoms with Crippen molar-refractivity contribution in [2.24, 2.45) is 0 Å². The summed E-state index contributed by atoms with van der Waals surface area (Å²) in [5.74, 6) is -3.45. The van der Waals surface area contributed by atoms with Gasteiger partial charge in [0.1, 0.15) is 10.8 Å². The first-order chi connectivity index (χ1) is 9.49. The Labute approximate surface area is 122 Å². The average molecular weight is 325 g/mol. The summed E-state index contributed by atoms with van der Waals surface area (Å²) < 4.78 is 45.8. The molecule has 3 nitrogen and oxygen atoms in total. The molecular weight excluding hydrogens is 316 g/mol. The summed E-state index contributed by atoms with van der Waals surface area (Å²) in [5.41, 5.74) is 0.540. The van der Waals surface area contributed by atoms with Crippen molar-refractivity contribution in [1.82, 2.24) is 9.78 Å². The van der Waals surface area contributed by atoms with E-state index < -0.39 is 17.5 Å². The molecule has 0 unspecified atom stereocenters. The third kappa shape index (κ3) is 2.63. The standard InChI is InChI=1S/C12H9Cl2F3N2O/c1-20-5-10-6(4-13)12(14)19(18-10)11-3-8(16)7(15)2-9(11)17/h2-3H,4-5H2,1H3. The van der Waals surface area contributed by atoms with Crippen molar-refractivity contribution in [3.8, 4) is 5.69 Å². The highest BCUT2D eigenvalue weighted by Gasteiger charge is 2.20. The van der Waals surface area contributed by atoms with Crippen LogP contribution >= 0.6 is 23.2 Å². The maximum Gasteiger partial charge on any atom is 0.161 e. The first kappa shape index (κ1) is 15.2. The van der Waals surface area contributed by atoms with Gasteiger partial charge in [-0.15, -0.1) is 11.6 Å². The van der Waals surface area contributed by atoms with Gasteiger partial charge in [0.2, 0.25) is 0 Å². The van der Waals surface area contributed by atoms with E-state index in [2.05, 4.69) is 5.10 Å². The van der Waals surface area contributed by atoms with Gasteiger partial charge in [-0.2, -0.15) is 5.10 Å². The number of benzene rings is 1. The zero-order valence-electron chi connectivity index (χ0n) is 10.3. The van der Waals surface area contributed by atoms with Crippen LogP contribution in [0.1, 0.15) is 11.3 Å². The van der Waals surface area contributed by atoms with Crippen LogP contribution in [-0.2, 0) is 17.2 Å². The molecule has 1 aromatic heterocycles. The summed E-state index contributed by atoms with van der Waals surface area (Å²) in [6.45, 7) is 0.111. The lowest BCUT2D eigenvalue weighted by molar-refractivity contribution is 0.180. The largest absolute Gasteiger partial charge is 0.378 e. The van der Waals surface area contributed by atoms with E-state index in [1.807, 2.05) is 0 Å². The molecule has 0 N–H and O–H groups in total. The van der Waals surface area contributed by atoms with Gasteiger partial charge in [-0.25, -0.2) is 17.9 Å². The summed E-state index contributed by atoms with van der Waals surface area (Å²) in [6.07, 6.45) is 0. The Kier molecular flexibility index (Phi) is 4.57. The molecule has 0 aliphatic rings. The number of hydrogen-bond acceptors (Lipinski definition) is 2. The summed E-state index contributed by atoms with van der Waals surface area (Å²) in [7, 11) is 1.45. The second kappa shape index (κ2) is 6.03. The lowest BCUT2D eigenvalue weighted by atomic mass is 10.2. The Balaban J connectivity index is 2.61. The van der Waals surface area contributed by atoms with Crippen molar-refractivity contribution in [3.05, 3.63) is 46.0 Å². The number of halogens is 5. The Morgan fingerprint density at radius 3 is 2.45 bits per heavy atom. The molecule has 0 saturated heterocycles. The maximum atomic E-state index is 13.7. The molecule has 0 bridgehead atoms. The molecule has 0 aliphatic heterocycles. The monoisotopic (exact) mass is 324 g/mol. The molecule has 108 valence electrons. The number of nitrogens with zero attached hydrogens (tertiary/aromatic N) is 2. The van der Waals surface area contributed by atoms with Crippen LogP contribution in [0.25, 0.3) is 5.69 Å². The molecule has 8 heteroatoms. The molecule has 0 saturated carbocycles. The van der Waals surface area contributed by atoms with Gasteiger partial charge in [0.05, 0.1) is 18.2 Å². The van der Waals surface area contributed by atoms with Crippen LogP contribution < -0.4 is 0 Å². The predicted molar refractivity (Wildman–Crippen MR) is 68.7 cm³/mol. The minimum Gasteiger partial charge on any atom is -0.378 e. The maximum absolute atomic E-state index is 13.7. The normalized spacial score (nSPS) is 11.1. The first-order valence-electron chi connectivity index (χ1n) is 5.45. The van der Waals surface area contributed by atoms with E-state index in [0.717, 1.165) is 4.68 Å². The Morgan fingerprint density at radius 2 is 1.85 bits per heavy atom. The molecule has 0 atom stereocenters. The number of hydrogen-bond donors (Lipinski definition) is 0. The molecule has 0 aliphatic carbocycles. The molecule has 0 radical (unpaired) electrons. The second-order valence-corrected chi connectivity index (χ2v) is 4.54. The number of rotatable bonds is 4. The molecule has 20 heavy (non-hydrogen) atoms. The molecule has 2 aromatic rings. The highest BCUT2D eigenvalue weighted by molar-refractivity contribution is 6.31. The number of aromatic nitrogens is 2. The molecule has 2 rings (SSSR count). The van der Waals surface area contributed by atoms with Gasteiger partial charge in [0, 0.05) is 24.8 Å². The van der Waals surface area contributed by atoms with E-state index in [1.54, 1.807) is 0 Å². The minimum absolute atomic E-state index is 0.0250. The van der Waals surface area contributed by atoms with Crippen LogP contribution in [0.4, 0.5) is 13.2 Å². The molecule has 0 amide bonds. The molecule has 0 spiro atoms. The highest BCUT2D eigenvalue weighted by atomic mass is 35.5. The van der Waals surface area contributed by atoms with Gasteiger partial charge in [-0.1, -0.05) is 11.6 Å². The Hall–Kier alpha value is -1.24. The van der Waals surface area contributed by atoms with Crippen molar-refractivity contribution in [2.75, 3.05) is 7.11 Å². The number of alkyl halides is 1. The fraction of sp³-hybridized carbons (Fsp3) is 0.250. The number of ether oxygens (including phenoxy) is 1. The second-order valence-electron chi connectivity index (χ2n) is 3.91.